The van der Waals surface area contributed by atoms with E-state index < -0.39 is 0 Å². The van der Waals surface area contributed by atoms with Crippen molar-refractivity contribution in [3.63, 3.8) is 0 Å². The largest absolute Gasteiger partial charge is 0.342 e. The molecule has 0 radical (unpaired) electrons. The Morgan fingerprint density at radius 3 is 3.07 bits per heavy atom. The Bertz CT molecular complexity index is 956. The number of hydrogen-bond donors (Lipinski definition) is 1. The van der Waals surface area contributed by atoms with Gasteiger partial charge in [-0.1, -0.05) is 19.1 Å². The van der Waals surface area contributed by atoms with Gasteiger partial charge in [0.05, 0.1) is 16.6 Å². The van der Waals surface area contributed by atoms with Gasteiger partial charge in [0.1, 0.15) is 5.82 Å². The summed E-state index contributed by atoms with van der Waals surface area (Å²) in [5, 5.41) is 2.11. The van der Waals surface area contributed by atoms with Gasteiger partial charge in [-0.15, -0.1) is 11.3 Å². The second kappa shape index (κ2) is 6.79. The van der Waals surface area contributed by atoms with E-state index in [0.29, 0.717) is 5.92 Å². The highest BCUT2D eigenvalue weighted by atomic mass is 32.1. The van der Waals surface area contributed by atoms with Gasteiger partial charge >= 0.3 is 0 Å². The Labute approximate surface area is 163 Å². The van der Waals surface area contributed by atoms with Crippen molar-refractivity contribution >= 4 is 28.3 Å². The SMILES string of the molecule is CC1CCc2c(C(=O)N3CCCC(c4nc5ccccc5[nH]4)C3)csc2C1. The van der Waals surface area contributed by atoms with Crippen molar-refractivity contribution in [3.05, 3.63) is 51.5 Å². The predicted octanol–water partition coefficient (Wildman–Crippen LogP) is 4.77. The number of likely N-dealkylation sites (tertiary alicyclic amines) is 1. The number of para-hydroxylation sites is 2. The third-order valence-electron chi connectivity index (χ3n) is 6.14. The lowest BCUT2D eigenvalue weighted by molar-refractivity contribution is 0.0704. The molecule has 1 aromatic carbocycles. The zero-order valence-corrected chi connectivity index (χ0v) is 16.5. The van der Waals surface area contributed by atoms with Crippen molar-refractivity contribution in [3.8, 4) is 0 Å². The second-order valence-corrected chi connectivity index (χ2v) is 9.09. The van der Waals surface area contributed by atoms with Crippen LogP contribution >= 0.6 is 11.3 Å². The number of carbonyl (C=O) groups is 1. The average molecular weight is 380 g/mol. The monoisotopic (exact) mass is 379 g/mol. The molecule has 0 saturated carbocycles. The molecule has 3 aromatic rings. The molecule has 0 bridgehead atoms. The van der Waals surface area contributed by atoms with Crippen molar-refractivity contribution in [2.24, 2.45) is 5.92 Å². The number of nitrogens with one attached hydrogen (secondary N) is 1. The van der Waals surface area contributed by atoms with E-state index >= 15 is 0 Å². The van der Waals surface area contributed by atoms with Gasteiger partial charge in [0, 0.05) is 29.3 Å². The van der Waals surface area contributed by atoms with Crippen molar-refractivity contribution in [1.82, 2.24) is 14.9 Å². The number of fused-ring (bicyclic) bond motifs is 2. The number of aromatic amines is 1. The smallest absolute Gasteiger partial charge is 0.255 e. The summed E-state index contributed by atoms with van der Waals surface area (Å²) >= 11 is 1.78. The van der Waals surface area contributed by atoms with E-state index in [1.54, 1.807) is 11.3 Å². The van der Waals surface area contributed by atoms with E-state index in [0.717, 1.165) is 67.1 Å². The van der Waals surface area contributed by atoms with E-state index in [1.165, 1.54) is 16.9 Å². The molecule has 2 aliphatic rings. The minimum atomic E-state index is 0.225. The van der Waals surface area contributed by atoms with Crippen LogP contribution in [0.5, 0.6) is 0 Å². The number of nitrogens with zero attached hydrogens (tertiary/aromatic N) is 2. The van der Waals surface area contributed by atoms with E-state index in [2.05, 4.69) is 28.3 Å². The first-order chi connectivity index (χ1) is 13.2. The molecule has 1 fully saturated rings. The first-order valence-electron chi connectivity index (χ1n) is 10.0. The number of amides is 1. The first kappa shape index (κ1) is 17.0. The number of carbonyl (C=O) groups excluding carboxylic acids is 1. The number of aromatic nitrogens is 2. The fourth-order valence-corrected chi connectivity index (χ4v) is 5.82. The molecule has 140 valence electrons. The van der Waals surface area contributed by atoms with Crippen LogP contribution in [0.15, 0.2) is 29.6 Å². The number of imidazole rings is 1. The third kappa shape index (κ3) is 3.08. The molecule has 1 amide bonds. The Kier molecular flexibility index (Phi) is 4.27. The third-order valence-corrected chi connectivity index (χ3v) is 7.19. The zero-order valence-electron chi connectivity index (χ0n) is 15.7. The van der Waals surface area contributed by atoms with Crippen molar-refractivity contribution in [2.45, 2.75) is 44.9 Å². The first-order valence-corrected chi connectivity index (χ1v) is 10.9. The van der Waals surface area contributed by atoms with Gasteiger partial charge in [-0.25, -0.2) is 4.98 Å². The highest BCUT2D eigenvalue weighted by molar-refractivity contribution is 7.10. The van der Waals surface area contributed by atoms with Crippen LogP contribution in [-0.2, 0) is 12.8 Å². The van der Waals surface area contributed by atoms with Crippen LogP contribution in [0.1, 0.15) is 58.7 Å². The van der Waals surface area contributed by atoms with Crippen LogP contribution in [-0.4, -0.2) is 33.9 Å². The molecule has 2 aromatic heterocycles. The van der Waals surface area contributed by atoms with Gasteiger partial charge in [0.15, 0.2) is 0 Å². The normalized spacial score (nSPS) is 22.8. The molecule has 2 unspecified atom stereocenters. The molecule has 0 spiro atoms. The van der Waals surface area contributed by atoms with Crippen LogP contribution in [0.25, 0.3) is 11.0 Å². The van der Waals surface area contributed by atoms with Crippen LogP contribution in [0.3, 0.4) is 0 Å². The summed E-state index contributed by atoms with van der Waals surface area (Å²) in [7, 11) is 0. The molecule has 1 N–H and O–H groups in total. The summed E-state index contributed by atoms with van der Waals surface area (Å²) in [6.45, 7) is 3.93. The number of H-pyrrole nitrogens is 1. The Morgan fingerprint density at radius 1 is 1.30 bits per heavy atom. The summed E-state index contributed by atoms with van der Waals surface area (Å²) in [4.78, 5) is 25.0. The highest BCUT2D eigenvalue weighted by Gasteiger charge is 2.30. The molecule has 1 aliphatic carbocycles. The molecular weight excluding hydrogens is 354 g/mol. The number of benzene rings is 1. The average Bonchev–Trinajstić information content (AvgIpc) is 3.31. The van der Waals surface area contributed by atoms with Crippen LogP contribution in [0, 0.1) is 5.92 Å². The maximum atomic E-state index is 13.3. The minimum absolute atomic E-state index is 0.225. The van der Waals surface area contributed by atoms with E-state index in [-0.39, 0.29) is 5.91 Å². The second-order valence-electron chi connectivity index (χ2n) is 8.13. The number of rotatable bonds is 2. The van der Waals surface area contributed by atoms with Gasteiger partial charge in [-0.05, 0) is 55.7 Å². The molecule has 2 atom stereocenters. The number of piperidine rings is 1. The molecular formula is C22H25N3OS. The highest BCUT2D eigenvalue weighted by Crippen LogP contribution is 2.34. The van der Waals surface area contributed by atoms with Crippen LogP contribution < -0.4 is 0 Å². The quantitative estimate of drug-likeness (QED) is 0.697. The van der Waals surface area contributed by atoms with Crippen LogP contribution in [0.4, 0.5) is 0 Å². The maximum absolute atomic E-state index is 13.3. The summed E-state index contributed by atoms with van der Waals surface area (Å²) < 4.78 is 0. The Balaban J connectivity index is 1.37. The van der Waals surface area contributed by atoms with Crippen molar-refractivity contribution in [1.29, 1.82) is 0 Å². The van der Waals surface area contributed by atoms with Gasteiger partial charge < -0.3 is 9.88 Å². The van der Waals surface area contributed by atoms with E-state index in [9.17, 15) is 4.79 Å². The molecule has 1 aliphatic heterocycles. The van der Waals surface area contributed by atoms with E-state index in [1.807, 2.05) is 18.2 Å². The Hall–Kier alpha value is -2.14. The Morgan fingerprint density at radius 2 is 2.19 bits per heavy atom. The van der Waals surface area contributed by atoms with Gasteiger partial charge in [0.25, 0.3) is 5.91 Å². The fourth-order valence-electron chi connectivity index (χ4n) is 4.58. The van der Waals surface area contributed by atoms with Crippen LogP contribution in [0.2, 0.25) is 0 Å². The summed E-state index contributed by atoms with van der Waals surface area (Å²) in [6, 6.07) is 8.15. The minimum Gasteiger partial charge on any atom is -0.342 e. The van der Waals surface area contributed by atoms with Gasteiger partial charge in [-0.2, -0.15) is 0 Å². The van der Waals surface area contributed by atoms with Gasteiger partial charge in [0.2, 0.25) is 0 Å². The lowest BCUT2D eigenvalue weighted by Crippen LogP contribution is -2.39. The standard InChI is InChI=1S/C22H25N3OS/c1-14-8-9-16-17(13-27-20(16)11-14)22(26)25-10-4-5-15(12-25)21-23-18-6-2-3-7-19(18)24-21/h2-3,6-7,13-15H,4-5,8-12H2,1H3,(H,23,24). The molecule has 1 saturated heterocycles. The molecule has 27 heavy (non-hydrogen) atoms. The number of thiophene rings is 1. The summed E-state index contributed by atoms with van der Waals surface area (Å²) in [5.41, 5.74) is 4.38. The zero-order chi connectivity index (χ0) is 18.4. The fraction of sp³-hybridized carbons (Fsp3) is 0.455. The lowest BCUT2D eigenvalue weighted by atomic mass is 9.88. The molecule has 4 nitrogen and oxygen atoms in total. The molecule has 5 rings (SSSR count). The van der Waals surface area contributed by atoms with Gasteiger partial charge in [-0.3, -0.25) is 4.79 Å². The lowest BCUT2D eigenvalue weighted by Gasteiger charge is -2.32. The summed E-state index contributed by atoms with van der Waals surface area (Å²) in [5.74, 6) is 2.29. The van der Waals surface area contributed by atoms with Crippen molar-refractivity contribution < 1.29 is 4.79 Å². The van der Waals surface area contributed by atoms with Crippen molar-refractivity contribution in [2.75, 3.05) is 13.1 Å². The maximum Gasteiger partial charge on any atom is 0.255 e. The topological polar surface area (TPSA) is 49.0 Å². The molecule has 5 heteroatoms. The summed E-state index contributed by atoms with van der Waals surface area (Å²) in [6.07, 6.45) is 5.52. The predicted molar refractivity (Wildman–Crippen MR) is 109 cm³/mol. The van der Waals surface area contributed by atoms with E-state index in [4.69, 9.17) is 4.98 Å². The molecule has 3 heterocycles. The number of hydrogen-bond acceptors (Lipinski definition) is 3.